The fourth-order valence-electron chi connectivity index (χ4n) is 2.02. The highest BCUT2D eigenvalue weighted by atomic mass is 19.1. The van der Waals surface area contributed by atoms with E-state index in [0.29, 0.717) is 16.8 Å². The summed E-state index contributed by atoms with van der Waals surface area (Å²) in [5, 5.41) is 5.11. The third kappa shape index (κ3) is 5.72. The van der Waals surface area contributed by atoms with Crippen molar-refractivity contribution in [2.45, 2.75) is 6.42 Å². The fraction of sp³-hybridized carbons (Fsp3) is 0.167. The van der Waals surface area contributed by atoms with Crippen LogP contribution >= 0.6 is 0 Å². The molecule has 0 atom stereocenters. The first-order valence-electron chi connectivity index (χ1n) is 7.47. The number of methoxy groups -OCH3 is 1. The van der Waals surface area contributed by atoms with E-state index in [-0.39, 0.29) is 24.7 Å². The van der Waals surface area contributed by atoms with Gasteiger partial charge in [0.25, 0.3) is 5.91 Å². The molecule has 0 fully saturated rings. The number of ether oxygens (including phenoxy) is 1. The van der Waals surface area contributed by atoms with E-state index in [1.807, 2.05) is 0 Å². The summed E-state index contributed by atoms with van der Waals surface area (Å²) in [7, 11) is 1.23. The van der Waals surface area contributed by atoms with Crippen LogP contribution in [0.2, 0.25) is 0 Å². The van der Waals surface area contributed by atoms with E-state index in [2.05, 4.69) is 15.4 Å². The first-order valence-corrected chi connectivity index (χ1v) is 7.47. The van der Waals surface area contributed by atoms with E-state index in [1.54, 1.807) is 24.3 Å². The van der Waals surface area contributed by atoms with Gasteiger partial charge in [0.2, 0.25) is 5.91 Å². The molecule has 0 unspecified atom stereocenters. The molecule has 0 radical (unpaired) electrons. The van der Waals surface area contributed by atoms with Gasteiger partial charge >= 0.3 is 5.97 Å². The van der Waals surface area contributed by atoms with Crippen molar-refractivity contribution in [2.75, 3.05) is 19.0 Å². The lowest BCUT2D eigenvalue weighted by Gasteiger charge is -2.07. The minimum Gasteiger partial charge on any atom is -0.468 e. The average Bonchev–Trinajstić information content (AvgIpc) is 2.62. The number of carbonyl (C=O) groups is 3. The van der Waals surface area contributed by atoms with Crippen LogP contribution in [-0.2, 0) is 20.7 Å². The van der Waals surface area contributed by atoms with Crippen LogP contribution < -0.4 is 10.6 Å². The molecule has 0 spiro atoms. The lowest BCUT2D eigenvalue weighted by atomic mass is 10.1. The SMILES string of the molecule is COC(=O)CNC(=O)c1ccc(NC(=O)Cc2ccc(F)cc2)cc1. The Bertz CT molecular complexity index is 758. The van der Waals surface area contributed by atoms with E-state index in [9.17, 15) is 18.8 Å². The molecule has 25 heavy (non-hydrogen) atoms. The molecule has 2 amide bonds. The molecular formula is C18H17FN2O4. The average molecular weight is 344 g/mol. The summed E-state index contributed by atoms with van der Waals surface area (Å²) in [6, 6.07) is 11.9. The molecule has 7 heteroatoms. The smallest absolute Gasteiger partial charge is 0.325 e. The number of nitrogens with one attached hydrogen (secondary N) is 2. The molecule has 0 aliphatic carbocycles. The Kier molecular flexibility index (Phi) is 6.22. The van der Waals surface area contributed by atoms with Gasteiger partial charge < -0.3 is 15.4 Å². The summed E-state index contributed by atoms with van der Waals surface area (Å²) in [5.41, 5.74) is 1.56. The Morgan fingerprint density at radius 1 is 1.00 bits per heavy atom. The van der Waals surface area contributed by atoms with Crippen molar-refractivity contribution in [1.82, 2.24) is 5.32 Å². The van der Waals surface area contributed by atoms with Gasteiger partial charge in [0.05, 0.1) is 13.5 Å². The molecule has 130 valence electrons. The lowest BCUT2D eigenvalue weighted by molar-refractivity contribution is -0.139. The van der Waals surface area contributed by atoms with Gasteiger partial charge in [0.1, 0.15) is 12.4 Å². The number of carbonyl (C=O) groups excluding carboxylic acids is 3. The Hall–Kier alpha value is -3.22. The molecule has 0 aromatic heterocycles. The maximum absolute atomic E-state index is 12.8. The first-order chi connectivity index (χ1) is 12.0. The van der Waals surface area contributed by atoms with Crippen LogP contribution in [-0.4, -0.2) is 31.4 Å². The molecule has 2 rings (SSSR count). The number of amides is 2. The van der Waals surface area contributed by atoms with Gasteiger partial charge in [-0.25, -0.2) is 4.39 Å². The van der Waals surface area contributed by atoms with Crippen molar-refractivity contribution in [3.63, 3.8) is 0 Å². The molecular weight excluding hydrogens is 327 g/mol. The highest BCUT2D eigenvalue weighted by Gasteiger charge is 2.09. The van der Waals surface area contributed by atoms with Crippen molar-refractivity contribution >= 4 is 23.5 Å². The van der Waals surface area contributed by atoms with E-state index in [0.717, 1.165) is 0 Å². The first kappa shape index (κ1) is 18.1. The summed E-state index contributed by atoms with van der Waals surface area (Å²) < 4.78 is 17.3. The second-order valence-electron chi connectivity index (χ2n) is 5.19. The highest BCUT2D eigenvalue weighted by molar-refractivity contribution is 5.97. The third-order valence-electron chi connectivity index (χ3n) is 3.33. The van der Waals surface area contributed by atoms with Crippen molar-refractivity contribution in [3.8, 4) is 0 Å². The van der Waals surface area contributed by atoms with Gasteiger partial charge in [-0.15, -0.1) is 0 Å². The van der Waals surface area contributed by atoms with E-state index in [1.165, 1.54) is 31.4 Å². The summed E-state index contributed by atoms with van der Waals surface area (Å²) in [5.74, 6) is -1.58. The van der Waals surface area contributed by atoms with Crippen molar-refractivity contribution in [3.05, 3.63) is 65.5 Å². The number of halogens is 1. The highest BCUT2D eigenvalue weighted by Crippen LogP contribution is 2.11. The number of hydrogen-bond acceptors (Lipinski definition) is 4. The normalized spacial score (nSPS) is 10.0. The molecule has 0 saturated carbocycles. The van der Waals surface area contributed by atoms with Gasteiger partial charge in [-0.3, -0.25) is 14.4 Å². The van der Waals surface area contributed by atoms with Gasteiger partial charge in [0, 0.05) is 11.3 Å². The molecule has 0 bridgehead atoms. The van der Waals surface area contributed by atoms with Crippen LogP contribution in [0.1, 0.15) is 15.9 Å². The third-order valence-corrected chi connectivity index (χ3v) is 3.33. The minimum absolute atomic E-state index is 0.113. The minimum atomic E-state index is -0.543. The van der Waals surface area contributed by atoms with Crippen LogP contribution in [0.5, 0.6) is 0 Å². The lowest BCUT2D eigenvalue weighted by Crippen LogP contribution is -2.30. The number of esters is 1. The van der Waals surface area contributed by atoms with Crippen LogP contribution in [0.15, 0.2) is 48.5 Å². The monoisotopic (exact) mass is 344 g/mol. The predicted octanol–water partition coefficient (Wildman–Crippen LogP) is 1.91. The Morgan fingerprint density at radius 2 is 1.64 bits per heavy atom. The van der Waals surface area contributed by atoms with Crippen molar-refractivity contribution < 1.29 is 23.5 Å². The second kappa shape index (κ2) is 8.58. The number of benzene rings is 2. The molecule has 6 nitrogen and oxygen atoms in total. The van der Waals surface area contributed by atoms with Gasteiger partial charge in [-0.1, -0.05) is 12.1 Å². The zero-order chi connectivity index (χ0) is 18.2. The van der Waals surface area contributed by atoms with Crippen LogP contribution in [0.3, 0.4) is 0 Å². The Labute approximate surface area is 144 Å². The Morgan fingerprint density at radius 3 is 2.24 bits per heavy atom. The molecule has 2 aromatic carbocycles. The number of hydrogen-bond donors (Lipinski definition) is 2. The molecule has 0 heterocycles. The van der Waals surface area contributed by atoms with E-state index >= 15 is 0 Å². The second-order valence-corrected chi connectivity index (χ2v) is 5.19. The molecule has 2 aromatic rings. The van der Waals surface area contributed by atoms with Gasteiger partial charge in [0.15, 0.2) is 0 Å². The molecule has 0 saturated heterocycles. The number of rotatable bonds is 6. The zero-order valence-electron chi connectivity index (χ0n) is 13.5. The standard InChI is InChI=1S/C18H17FN2O4/c1-25-17(23)11-20-18(24)13-4-8-15(9-5-13)21-16(22)10-12-2-6-14(19)7-3-12/h2-9H,10-11H2,1H3,(H,20,24)(H,21,22). The molecule has 0 aliphatic heterocycles. The summed E-state index contributed by atoms with van der Waals surface area (Å²) >= 11 is 0. The van der Waals surface area contributed by atoms with Crippen molar-refractivity contribution in [1.29, 1.82) is 0 Å². The summed E-state index contributed by atoms with van der Waals surface area (Å²) in [6.45, 7) is -0.217. The topological polar surface area (TPSA) is 84.5 Å². The summed E-state index contributed by atoms with van der Waals surface area (Å²) in [4.78, 5) is 34.8. The largest absolute Gasteiger partial charge is 0.468 e. The Balaban J connectivity index is 1.88. The van der Waals surface area contributed by atoms with Crippen molar-refractivity contribution in [2.24, 2.45) is 0 Å². The van der Waals surface area contributed by atoms with Gasteiger partial charge in [-0.05, 0) is 42.0 Å². The maximum Gasteiger partial charge on any atom is 0.325 e. The van der Waals surface area contributed by atoms with Crippen LogP contribution in [0, 0.1) is 5.82 Å². The predicted molar refractivity (Wildman–Crippen MR) is 89.5 cm³/mol. The van der Waals surface area contributed by atoms with E-state index < -0.39 is 11.9 Å². The van der Waals surface area contributed by atoms with Crippen LogP contribution in [0.25, 0.3) is 0 Å². The number of anilines is 1. The summed E-state index contributed by atoms with van der Waals surface area (Å²) in [6.07, 6.45) is 0.113. The fourth-order valence-corrected chi connectivity index (χ4v) is 2.02. The zero-order valence-corrected chi connectivity index (χ0v) is 13.5. The maximum atomic E-state index is 12.8. The molecule has 2 N–H and O–H groups in total. The van der Waals surface area contributed by atoms with Gasteiger partial charge in [-0.2, -0.15) is 0 Å². The molecule has 0 aliphatic rings. The van der Waals surface area contributed by atoms with Crippen LogP contribution in [0.4, 0.5) is 10.1 Å². The van der Waals surface area contributed by atoms with E-state index in [4.69, 9.17) is 0 Å². The quantitative estimate of drug-likeness (QED) is 0.784.